The summed E-state index contributed by atoms with van der Waals surface area (Å²) in [7, 11) is -2.77. The highest BCUT2D eigenvalue weighted by atomic mass is 35.5. The Balaban J connectivity index is 2.08. The lowest BCUT2D eigenvalue weighted by Crippen LogP contribution is -2.51. The van der Waals surface area contributed by atoms with Gasteiger partial charge >= 0.3 is 0 Å². The average Bonchev–Trinajstić information content (AvgIpc) is 2.95. The van der Waals surface area contributed by atoms with E-state index in [1.165, 1.54) is 24.1 Å². The molecule has 0 saturated heterocycles. The van der Waals surface area contributed by atoms with Crippen LogP contribution in [-0.2, 0) is 26.2 Å². The number of carbonyl (C=O) groups excluding carboxylic acids is 2. The van der Waals surface area contributed by atoms with Crippen LogP contribution < -0.4 is 14.4 Å². The third-order valence-corrected chi connectivity index (χ3v) is 8.93. The number of benzene rings is 3. The van der Waals surface area contributed by atoms with E-state index in [0.717, 1.165) is 28.3 Å². The monoisotopic (exact) mass is 599 g/mol. The normalized spacial score (nSPS) is 12.0. The number of amides is 2. The fraction of sp³-hybridized carbons (Fsp3) is 0.355. The molecule has 2 amide bonds. The summed E-state index contributed by atoms with van der Waals surface area (Å²) in [6.45, 7) is 7.27. The van der Waals surface area contributed by atoms with Gasteiger partial charge in [-0.25, -0.2) is 8.42 Å². The van der Waals surface area contributed by atoms with Gasteiger partial charge in [0.05, 0.1) is 17.7 Å². The molecule has 0 spiro atoms. The first-order valence-corrected chi connectivity index (χ1v) is 15.4. The van der Waals surface area contributed by atoms with Gasteiger partial charge in [0.25, 0.3) is 10.0 Å². The molecule has 220 valence electrons. The molecule has 41 heavy (non-hydrogen) atoms. The number of rotatable bonds is 13. The Bertz CT molecular complexity index is 1460. The SMILES string of the molecule is CCCCNC(=O)[C@@H](C)N(Cc1ccccc1Cl)C(=O)CN(c1cc(C)ccc1OC)S(=O)(=O)c1ccc(C)cc1. The summed E-state index contributed by atoms with van der Waals surface area (Å²) >= 11 is 6.42. The maximum Gasteiger partial charge on any atom is 0.264 e. The van der Waals surface area contributed by atoms with Crippen LogP contribution in [0.25, 0.3) is 0 Å². The number of methoxy groups -OCH3 is 1. The quantitative estimate of drug-likeness (QED) is 0.262. The van der Waals surface area contributed by atoms with E-state index in [1.54, 1.807) is 61.5 Å². The molecule has 0 bridgehead atoms. The lowest BCUT2D eigenvalue weighted by Gasteiger charge is -2.32. The average molecular weight is 600 g/mol. The maximum absolute atomic E-state index is 14.1. The van der Waals surface area contributed by atoms with Gasteiger partial charge in [0, 0.05) is 18.1 Å². The highest BCUT2D eigenvalue weighted by Gasteiger charge is 2.34. The molecule has 0 radical (unpaired) electrons. The molecule has 0 fully saturated rings. The van der Waals surface area contributed by atoms with E-state index in [9.17, 15) is 18.0 Å². The lowest BCUT2D eigenvalue weighted by molar-refractivity contribution is -0.139. The van der Waals surface area contributed by atoms with E-state index in [2.05, 4.69) is 5.32 Å². The Kier molecular flexibility index (Phi) is 11.2. The Morgan fingerprint density at radius 1 is 1.00 bits per heavy atom. The van der Waals surface area contributed by atoms with Gasteiger partial charge in [0.15, 0.2) is 0 Å². The Morgan fingerprint density at radius 3 is 2.29 bits per heavy atom. The van der Waals surface area contributed by atoms with Gasteiger partial charge in [-0.1, -0.05) is 66.9 Å². The number of aryl methyl sites for hydroxylation is 2. The van der Waals surface area contributed by atoms with Crippen molar-refractivity contribution in [3.63, 3.8) is 0 Å². The predicted octanol–water partition coefficient (Wildman–Crippen LogP) is 5.49. The predicted molar refractivity (Wildman–Crippen MR) is 163 cm³/mol. The zero-order chi connectivity index (χ0) is 30.2. The minimum atomic E-state index is -4.21. The van der Waals surface area contributed by atoms with Crippen LogP contribution in [0.2, 0.25) is 5.02 Å². The van der Waals surface area contributed by atoms with Crippen LogP contribution in [0.1, 0.15) is 43.4 Å². The zero-order valence-electron chi connectivity index (χ0n) is 24.2. The summed E-state index contributed by atoms with van der Waals surface area (Å²) < 4.78 is 34.7. The topological polar surface area (TPSA) is 96.0 Å². The van der Waals surface area contributed by atoms with E-state index in [-0.39, 0.29) is 23.0 Å². The smallest absolute Gasteiger partial charge is 0.264 e. The van der Waals surface area contributed by atoms with Crippen LogP contribution in [0.5, 0.6) is 5.75 Å². The van der Waals surface area contributed by atoms with Gasteiger partial charge < -0.3 is 15.0 Å². The third kappa shape index (κ3) is 8.01. The molecule has 0 aliphatic heterocycles. The van der Waals surface area contributed by atoms with Crippen molar-refractivity contribution < 1.29 is 22.7 Å². The number of halogens is 1. The molecule has 3 rings (SSSR count). The summed E-state index contributed by atoms with van der Waals surface area (Å²) in [5, 5.41) is 3.31. The highest BCUT2D eigenvalue weighted by Crippen LogP contribution is 2.34. The molecule has 10 heteroatoms. The van der Waals surface area contributed by atoms with Crippen LogP contribution in [0.3, 0.4) is 0 Å². The van der Waals surface area contributed by atoms with Crippen molar-refractivity contribution >= 4 is 39.1 Å². The van der Waals surface area contributed by atoms with Crippen molar-refractivity contribution in [2.45, 2.75) is 58.0 Å². The zero-order valence-corrected chi connectivity index (χ0v) is 25.8. The number of nitrogens with zero attached hydrogens (tertiary/aromatic N) is 2. The summed E-state index contributed by atoms with van der Waals surface area (Å²) in [6.07, 6.45) is 1.70. The Labute approximate surface area is 248 Å². The van der Waals surface area contributed by atoms with Crippen LogP contribution in [0.4, 0.5) is 5.69 Å². The number of sulfonamides is 1. The Hall–Kier alpha value is -3.56. The molecular formula is C31H38ClN3O5S. The van der Waals surface area contributed by atoms with E-state index >= 15 is 0 Å². The second kappa shape index (κ2) is 14.4. The summed E-state index contributed by atoms with van der Waals surface area (Å²) in [5.74, 6) is -0.607. The maximum atomic E-state index is 14.1. The molecule has 8 nitrogen and oxygen atoms in total. The summed E-state index contributed by atoms with van der Waals surface area (Å²) in [5.41, 5.74) is 2.54. The van der Waals surface area contributed by atoms with Crippen molar-refractivity contribution in [2.24, 2.45) is 0 Å². The number of ether oxygens (including phenoxy) is 1. The van der Waals surface area contributed by atoms with Gasteiger partial charge in [0.1, 0.15) is 18.3 Å². The first-order valence-electron chi connectivity index (χ1n) is 13.5. The number of anilines is 1. The van der Waals surface area contributed by atoms with Crippen LogP contribution >= 0.6 is 11.6 Å². The van der Waals surface area contributed by atoms with Gasteiger partial charge in [-0.05, 0) is 68.7 Å². The minimum Gasteiger partial charge on any atom is -0.495 e. The first kappa shape index (κ1) is 32.0. The number of unbranched alkanes of at least 4 members (excludes halogenated alkanes) is 1. The van der Waals surface area contributed by atoms with Crippen molar-refractivity contribution in [2.75, 3.05) is 24.5 Å². The van der Waals surface area contributed by atoms with Crippen molar-refractivity contribution in [3.05, 3.63) is 88.4 Å². The Morgan fingerprint density at radius 2 is 1.66 bits per heavy atom. The molecule has 0 aromatic heterocycles. The lowest BCUT2D eigenvalue weighted by atomic mass is 10.1. The first-order chi connectivity index (χ1) is 19.5. The number of hydrogen-bond acceptors (Lipinski definition) is 5. The third-order valence-electron chi connectivity index (χ3n) is 6.79. The van der Waals surface area contributed by atoms with Crippen LogP contribution in [0, 0.1) is 13.8 Å². The van der Waals surface area contributed by atoms with Crippen molar-refractivity contribution in [1.82, 2.24) is 10.2 Å². The van der Waals surface area contributed by atoms with E-state index in [0.29, 0.717) is 22.9 Å². The molecule has 1 N–H and O–H groups in total. The number of hydrogen-bond donors (Lipinski definition) is 1. The largest absolute Gasteiger partial charge is 0.495 e. The van der Waals surface area contributed by atoms with Gasteiger partial charge in [-0.15, -0.1) is 0 Å². The highest BCUT2D eigenvalue weighted by molar-refractivity contribution is 7.92. The van der Waals surface area contributed by atoms with Crippen molar-refractivity contribution in [1.29, 1.82) is 0 Å². The molecular weight excluding hydrogens is 562 g/mol. The summed E-state index contributed by atoms with van der Waals surface area (Å²) in [6, 6.07) is 17.7. The van der Waals surface area contributed by atoms with Gasteiger partial charge in [0.2, 0.25) is 11.8 Å². The summed E-state index contributed by atoms with van der Waals surface area (Å²) in [4.78, 5) is 28.6. The van der Waals surface area contributed by atoms with Gasteiger partial charge in [-0.2, -0.15) is 0 Å². The van der Waals surface area contributed by atoms with Crippen LogP contribution in [-0.4, -0.2) is 51.4 Å². The minimum absolute atomic E-state index is 0.0181. The van der Waals surface area contributed by atoms with E-state index < -0.39 is 28.5 Å². The fourth-order valence-corrected chi connectivity index (χ4v) is 5.89. The van der Waals surface area contributed by atoms with Crippen molar-refractivity contribution in [3.8, 4) is 5.75 Å². The molecule has 1 atom stereocenters. The molecule has 0 saturated carbocycles. The van der Waals surface area contributed by atoms with Crippen LogP contribution in [0.15, 0.2) is 71.6 Å². The number of carbonyl (C=O) groups is 2. The number of nitrogens with one attached hydrogen (secondary N) is 1. The molecule has 0 unspecified atom stereocenters. The second-order valence-electron chi connectivity index (χ2n) is 9.93. The van der Waals surface area contributed by atoms with Gasteiger partial charge in [-0.3, -0.25) is 13.9 Å². The second-order valence-corrected chi connectivity index (χ2v) is 12.2. The van der Waals surface area contributed by atoms with E-state index in [1.807, 2.05) is 20.8 Å². The fourth-order valence-electron chi connectivity index (χ4n) is 4.27. The molecule has 3 aromatic rings. The van der Waals surface area contributed by atoms with E-state index in [4.69, 9.17) is 16.3 Å². The molecule has 0 heterocycles. The molecule has 0 aliphatic carbocycles. The molecule has 0 aliphatic rings. The molecule has 3 aromatic carbocycles. The standard InChI is InChI=1S/C31H38ClN3O5S/c1-6-7-18-33-31(37)24(4)34(20-25-10-8-9-11-27(25)32)30(36)21-35(28-19-23(3)14-17-29(28)40-5)41(38,39)26-15-12-22(2)13-16-26/h8-17,19,24H,6-7,18,20-21H2,1-5H3,(H,33,37)/t24-/m1/s1.